The summed E-state index contributed by atoms with van der Waals surface area (Å²) in [6, 6.07) is 6.77. The number of phenols is 1. The van der Waals surface area contributed by atoms with Gasteiger partial charge in [-0.05, 0) is 37.5 Å². The van der Waals surface area contributed by atoms with Gasteiger partial charge in [0.15, 0.2) is 0 Å². The Bertz CT molecular complexity index is 635. The molecule has 0 unspecified atom stereocenters. The first-order chi connectivity index (χ1) is 10.8. The van der Waals surface area contributed by atoms with Crippen molar-refractivity contribution in [2.45, 2.75) is 26.3 Å². The minimum absolute atomic E-state index is 0.0478. The predicted octanol–water partition coefficient (Wildman–Crippen LogP) is 1.41. The first kappa shape index (κ1) is 17.7. The average molecular weight is 340 g/mol. The van der Waals surface area contributed by atoms with E-state index >= 15 is 0 Å². The molecular formula is C16H24N2O4S. The summed E-state index contributed by atoms with van der Waals surface area (Å²) in [5.41, 5.74) is 0.949. The van der Waals surface area contributed by atoms with Crippen LogP contribution in [-0.2, 0) is 21.4 Å². The van der Waals surface area contributed by atoms with Crippen molar-refractivity contribution in [3.63, 3.8) is 0 Å². The zero-order chi connectivity index (χ0) is 17.0. The summed E-state index contributed by atoms with van der Waals surface area (Å²) >= 11 is 0. The Morgan fingerprint density at radius 1 is 1.26 bits per heavy atom. The number of carbonyl (C=O) groups excluding carboxylic acids is 1. The predicted molar refractivity (Wildman–Crippen MR) is 88.3 cm³/mol. The van der Waals surface area contributed by atoms with Gasteiger partial charge in [0, 0.05) is 32.6 Å². The second-order valence-corrected chi connectivity index (χ2v) is 8.19. The van der Waals surface area contributed by atoms with Crippen LogP contribution in [0.1, 0.15) is 25.3 Å². The van der Waals surface area contributed by atoms with Gasteiger partial charge in [-0.1, -0.05) is 12.1 Å². The van der Waals surface area contributed by atoms with Crippen LogP contribution in [0.5, 0.6) is 5.75 Å². The van der Waals surface area contributed by atoms with Crippen molar-refractivity contribution in [1.82, 2.24) is 9.21 Å². The molecule has 1 aliphatic rings. The highest BCUT2D eigenvalue weighted by Gasteiger charge is 2.31. The molecule has 1 amide bonds. The molecule has 0 saturated carbocycles. The highest BCUT2D eigenvalue weighted by atomic mass is 32.2. The fraction of sp³-hybridized carbons (Fsp3) is 0.562. The van der Waals surface area contributed by atoms with Crippen LogP contribution in [0.2, 0.25) is 0 Å². The quantitative estimate of drug-likeness (QED) is 0.879. The van der Waals surface area contributed by atoms with E-state index < -0.39 is 10.0 Å². The zero-order valence-corrected chi connectivity index (χ0v) is 14.4. The van der Waals surface area contributed by atoms with Crippen LogP contribution in [-0.4, -0.2) is 54.5 Å². The Hall–Kier alpha value is -1.60. The molecular weight excluding hydrogens is 316 g/mol. The molecule has 1 N–H and O–H groups in total. The van der Waals surface area contributed by atoms with Crippen molar-refractivity contribution in [2.75, 3.05) is 25.9 Å². The van der Waals surface area contributed by atoms with Gasteiger partial charge in [0.05, 0.1) is 5.75 Å². The molecule has 6 nitrogen and oxygen atoms in total. The van der Waals surface area contributed by atoms with Crippen LogP contribution in [0.4, 0.5) is 0 Å². The number of nitrogens with zero attached hydrogens (tertiary/aromatic N) is 2. The van der Waals surface area contributed by atoms with Gasteiger partial charge in [-0.3, -0.25) is 4.79 Å². The molecule has 0 bridgehead atoms. The van der Waals surface area contributed by atoms with Crippen molar-refractivity contribution in [1.29, 1.82) is 0 Å². The van der Waals surface area contributed by atoms with E-state index in [2.05, 4.69) is 0 Å². The first-order valence-electron chi connectivity index (χ1n) is 7.84. The standard InChI is InChI=1S/C16H24N2O4S/c1-3-23(21,22)18-10-8-14(9-11-18)16(20)17(2)12-13-4-6-15(19)7-5-13/h4-7,14,19H,3,8-12H2,1-2H3. The van der Waals surface area contributed by atoms with Crippen LogP contribution < -0.4 is 0 Å². The SMILES string of the molecule is CCS(=O)(=O)N1CCC(C(=O)N(C)Cc2ccc(O)cc2)CC1. The molecule has 1 aromatic carbocycles. The molecule has 23 heavy (non-hydrogen) atoms. The molecule has 1 heterocycles. The molecule has 1 aliphatic heterocycles. The minimum Gasteiger partial charge on any atom is -0.508 e. The van der Waals surface area contributed by atoms with Crippen molar-refractivity contribution < 1.29 is 18.3 Å². The van der Waals surface area contributed by atoms with Gasteiger partial charge in [-0.2, -0.15) is 0 Å². The van der Waals surface area contributed by atoms with Crippen LogP contribution in [0, 0.1) is 5.92 Å². The van der Waals surface area contributed by atoms with Crippen molar-refractivity contribution in [3.05, 3.63) is 29.8 Å². The molecule has 128 valence electrons. The number of amides is 1. The van der Waals surface area contributed by atoms with E-state index in [0.717, 1.165) is 5.56 Å². The molecule has 0 radical (unpaired) electrons. The van der Waals surface area contributed by atoms with Crippen LogP contribution >= 0.6 is 0 Å². The van der Waals surface area contributed by atoms with Crippen LogP contribution in [0.3, 0.4) is 0 Å². The molecule has 0 aliphatic carbocycles. The largest absolute Gasteiger partial charge is 0.508 e. The topological polar surface area (TPSA) is 77.9 Å². The molecule has 0 atom stereocenters. The van der Waals surface area contributed by atoms with Gasteiger partial charge in [-0.15, -0.1) is 0 Å². The van der Waals surface area contributed by atoms with Crippen molar-refractivity contribution in [3.8, 4) is 5.75 Å². The van der Waals surface area contributed by atoms with E-state index in [4.69, 9.17) is 0 Å². The molecule has 0 spiro atoms. The second-order valence-electron chi connectivity index (χ2n) is 5.93. The Labute approximate surface area is 137 Å². The lowest BCUT2D eigenvalue weighted by Crippen LogP contribution is -2.43. The number of sulfonamides is 1. The molecule has 2 rings (SSSR count). The third-order valence-corrected chi connectivity index (χ3v) is 6.18. The minimum atomic E-state index is -3.16. The number of aromatic hydroxyl groups is 1. The lowest BCUT2D eigenvalue weighted by atomic mass is 9.96. The van der Waals surface area contributed by atoms with Gasteiger partial charge in [-0.25, -0.2) is 12.7 Å². The van der Waals surface area contributed by atoms with Crippen molar-refractivity contribution in [2.24, 2.45) is 5.92 Å². The number of carbonyl (C=O) groups is 1. The number of hydrogen-bond acceptors (Lipinski definition) is 4. The Morgan fingerprint density at radius 3 is 2.35 bits per heavy atom. The lowest BCUT2D eigenvalue weighted by molar-refractivity contribution is -0.135. The summed E-state index contributed by atoms with van der Waals surface area (Å²) in [4.78, 5) is 14.2. The number of phenolic OH excluding ortho intramolecular Hbond substituents is 1. The van der Waals surface area contributed by atoms with Crippen molar-refractivity contribution >= 4 is 15.9 Å². The summed E-state index contributed by atoms with van der Waals surface area (Å²) < 4.78 is 25.2. The monoisotopic (exact) mass is 340 g/mol. The third-order valence-electron chi connectivity index (χ3n) is 4.29. The fourth-order valence-electron chi connectivity index (χ4n) is 2.83. The summed E-state index contributed by atoms with van der Waals surface area (Å²) in [5.74, 6) is 0.228. The molecule has 7 heteroatoms. The smallest absolute Gasteiger partial charge is 0.225 e. The summed E-state index contributed by atoms with van der Waals surface area (Å²) in [5, 5.41) is 9.28. The maximum Gasteiger partial charge on any atom is 0.225 e. The third kappa shape index (κ3) is 4.45. The Kier molecular flexibility index (Phi) is 5.64. The number of hydrogen-bond donors (Lipinski definition) is 1. The van der Waals surface area contributed by atoms with E-state index in [0.29, 0.717) is 32.5 Å². The number of piperidine rings is 1. The summed E-state index contributed by atoms with van der Waals surface area (Å²) in [6.45, 7) is 2.95. The van der Waals surface area contributed by atoms with E-state index in [1.807, 2.05) is 0 Å². The number of benzene rings is 1. The number of rotatable bonds is 5. The zero-order valence-electron chi connectivity index (χ0n) is 13.6. The van der Waals surface area contributed by atoms with Gasteiger partial charge < -0.3 is 10.0 Å². The van der Waals surface area contributed by atoms with E-state index in [-0.39, 0.29) is 23.3 Å². The average Bonchev–Trinajstić information content (AvgIpc) is 2.56. The van der Waals surface area contributed by atoms with Crippen LogP contribution in [0.15, 0.2) is 24.3 Å². The Balaban J connectivity index is 1.90. The highest BCUT2D eigenvalue weighted by molar-refractivity contribution is 7.89. The van der Waals surface area contributed by atoms with Crippen LogP contribution in [0.25, 0.3) is 0 Å². The van der Waals surface area contributed by atoms with Gasteiger partial charge in [0.2, 0.25) is 15.9 Å². The maximum absolute atomic E-state index is 12.5. The lowest BCUT2D eigenvalue weighted by Gasteiger charge is -2.32. The molecule has 1 aromatic rings. The molecule has 1 fully saturated rings. The van der Waals surface area contributed by atoms with Gasteiger partial charge >= 0.3 is 0 Å². The molecule has 0 aromatic heterocycles. The van der Waals surface area contributed by atoms with E-state index in [1.165, 1.54) is 4.31 Å². The van der Waals surface area contributed by atoms with E-state index in [9.17, 15) is 18.3 Å². The fourth-order valence-corrected chi connectivity index (χ4v) is 3.96. The van der Waals surface area contributed by atoms with E-state index in [1.54, 1.807) is 43.1 Å². The normalized spacial score (nSPS) is 17.1. The molecule has 1 saturated heterocycles. The second kappa shape index (κ2) is 7.31. The first-order valence-corrected chi connectivity index (χ1v) is 9.45. The Morgan fingerprint density at radius 2 is 1.83 bits per heavy atom. The van der Waals surface area contributed by atoms with Gasteiger partial charge in [0.1, 0.15) is 5.75 Å². The summed E-state index contributed by atoms with van der Waals surface area (Å²) in [6.07, 6.45) is 1.13. The highest BCUT2D eigenvalue weighted by Crippen LogP contribution is 2.22. The van der Waals surface area contributed by atoms with Gasteiger partial charge in [0.25, 0.3) is 0 Å². The summed E-state index contributed by atoms with van der Waals surface area (Å²) in [7, 11) is -1.40. The maximum atomic E-state index is 12.5.